The smallest absolute Gasteiger partial charge is 0.221 e. The van der Waals surface area contributed by atoms with Crippen LogP contribution in [-0.2, 0) is 4.79 Å². The van der Waals surface area contributed by atoms with Crippen molar-refractivity contribution in [1.29, 1.82) is 0 Å². The van der Waals surface area contributed by atoms with E-state index >= 15 is 0 Å². The van der Waals surface area contributed by atoms with Gasteiger partial charge >= 0.3 is 0 Å². The van der Waals surface area contributed by atoms with Crippen LogP contribution in [0.3, 0.4) is 0 Å². The summed E-state index contributed by atoms with van der Waals surface area (Å²) in [5, 5.41) is 2.79. The number of hydrazine groups is 1. The second-order valence-electron chi connectivity index (χ2n) is 5.10. The summed E-state index contributed by atoms with van der Waals surface area (Å²) in [6.45, 7) is 4.17. The normalized spacial score (nSPS) is 25.5. The lowest BCUT2D eigenvalue weighted by atomic mass is 9.90. The van der Waals surface area contributed by atoms with E-state index in [1.54, 1.807) is 7.11 Å². The molecule has 1 fully saturated rings. The van der Waals surface area contributed by atoms with E-state index in [-0.39, 0.29) is 11.9 Å². The second-order valence-corrected chi connectivity index (χ2v) is 5.10. The molecule has 0 aromatic heterocycles. The number of carbonyl (C=O) groups is 1. The SMILES string of the molecule is COc1ccc(C2NNC(C)C2CN)cc1NC(C)=O. The molecule has 1 heterocycles. The number of nitrogens with one attached hydrogen (secondary N) is 3. The Labute approximate surface area is 119 Å². The van der Waals surface area contributed by atoms with E-state index in [0.29, 0.717) is 29.9 Å². The van der Waals surface area contributed by atoms with Crippen LogP contribution in [0.25, 0.3) is 0 Å². The summed E-state index contributed by atoms with van der Waals surface area (Å²) >= 11 is 0. The molecule has 1 aromatic carbocycles. The molecule has 3 atom stereocenters. The summed E-state index contributed by atoms with van der Waals surface area (Å²) in [5.41, 5.74) is 14.1. The lowest BCUT2D eigenvalue weighted by Crippen LogP contribution is -2.30. The van der Waals surface area contributed by atoms with Gasteiger partial charge in [0.15, 0.2) is 0 Å². The summed E-state index contributed by atoms with van der Waals surface area (Å²) in [6, 6.07) is 6.20. The average Bonchev–Trinajstić information content (AvgIpc) is 2.79. The predicted octanol–water partition coefficient (Wildman–Crippen LogP) is 0.766. The molecule has 5 N–H and O–H groups in total. The van der Waals surface area contributed by atoms with E-state index in [1.807, 2.05) is 18.2 Å². The van der Waals surface area contributed by atoms with Gasteiger partial charge in [-0.1, -0.05) is 6.07 Å². The molecule has 1 aromatic rings. The number of nitrogens with two attached hydrogens (primary N) is 1. The van der Waals surface area contributed by atoms with Crippen LogP contribution in [0.4, 0.5) is 5.69 Å². The Morgan fingerprint density at radius 2 is 2.20 bits per heavy atom. The molecule has 6 heteroatoms. The molecule has 1 saturated heterocycles. The first-order valence-electron chi connectivity index (χ1n) is 6.73. The third-order valence-electron chi connectivity index (χ3n) is 3.70. The zero-order chi connectivity index (χ0) is 14.7. The molecule has 110 valence electrons. The first-order chi connectivity index (χ1) is 9.56. The van der Waals surface area contributed by atoms with Crippen LogP contribution in [-0.4, -0.2) is 25.6 Å². The number of hydrogen-bond acceptors (Lipinski definition) is 5. The Morgan fingerprint density at radius 1 is 1.45 bits per heavy atom. The Morgan fingerprint density at radius 3 is 2.80 bits per heavy atom. The summed E-state index contributed by atoms with van der Waals surface area (Å²) < 4.78 is 5.26. The molecule has 6 nitrogen and oxygen atoms in total. The van der Waals surface area contributed by atoms with E-state index in [4.69, 9.17) is 10.5 Å². The molecule has 1 aliphatic rings. The Bertz CT molecular complexity index is 492. The van der Waals surface area contributed by atoms with Crippen LogP contribution in [0.15, 0.2) is 18.2 Å². The highest BCUT2D eigenvalue weighted by atomic mass is 16.5. The first-order valence-corrected chi connectivity index (χ1v) is 6.73. The molecule has 3 unspecified atom stereocenters. The highest BCUT2D eigenvalue weighted by molar-refractivity contribution is 5.90. The summed E-state index contributed by atoms with van der Waals surface area (Å²) in [7, 11) is 1.58. The van der Waals surface area contributed by atoms with Crippen molar-refractivity contribution in [2.45, 2.75) is 25.9 Å². The van der Waals surface area contributed by atoms with Crippen molar-refractivity contribution in [2.24, 2.45) is 11.7 Å². The van der Waals surface area contributed by atoms with Gasteiger partial charge in [0.1, 0.15) is 5.75 Å². The molecule has 2 rings (SSSR count). The molecular formula is C14H22N4O2. The number of methoxy groups -OCH3 is 1. The quantitative estimate of drug-likeness (QED) is 0.653. The molecule has 1 amide bonds. The monoisotopic (exact) mass is 278 g/mol. The molecule has 0 radical (unpaired) electrons. The van der Waals surface area contributed by atoms with Gasteiger partial charge in [0.05, 0.1) is 18.8 Å². The Kier molecular flexibility index (Phi) is 4.59. The highest BCUT2D eigenvalue weighted by Crippen LogP contribution is 2.33. The van der Waals surface area contributed by atoms with Crippen LogP contribution >= 0.6 is 0 Å². The van der Waals surface area contributed by atoms with Crippen molar-refractivity contribution in [3.05, 3.63) is 23.8 Å². The van der Waals surface area contributed by atoms with E-state index in [1.165, 1.54) is 6.92 Å². The maximum Gasteiger partial charge on any atom is 0.221 e. The minimum absolute atomic E-state index is 0.119. The van der Waals surface area contributed by atoms with Gasteiger partial charge < -0.3 is 15.8 Å². The van der Waals surface area contributed by atoms with Crippen LogP contribution in [0, 0.1) is 5.92 Å². The number of carbonyl (C=O) groups excluding carboxylic acids is 1. The second kappa shape index (κ2) is 6.21. The van der Waals surface area contributed by atoms with Gasteiger partial charge in [-0.05, 0) is 31.2 Å². The average molecular weight is 278 g/mol. The number of benzene rings is 1. The van der Waals surface area contributed by atoms with E-state index in [2.05, 4.69) is 23.1 Å². The van der Waals surface area contributed by atoms with Gasteiger partial charge in [-0.25, -0.2) is 5.43 Å². The third-order valence-corrected chi connectivity index (χ3v) is 3.70. The summed E-state index contributed by atoms with van der Waals surface area (Å²) in [5.74, 6) is 0.822. The van der Waals surface area contributed by atoms with Gasteiger partial charge in [-0.2, -0.15) is 0 Å². The minimum Gasteiger partial charge on any atom is -0.495 e. The van der Waals surface area contributed by atoms with Gasteiger partial charge in [-0.3, -0.25) is 10.2 Å². The number of amides is 1. The van der Waals surface area contributed by atoms with Gasteiger partial charge in [0.25, 0.3) is 0 Å². The molecule has 0 bridgehead atoms. The van der Waals surface area contributed by atoms with E-state index < -0.39 is 0 Å². The van der Waals surface area contributed by atoms with Gasteiger partial charge in [0.2, 0.25) is 5.91 Å². The molecule has 20 heavy (non-hydrogen) atoms. The molecular weight excluding hydrogens is 256 g/mol. The van der Waals surface area contributed by atoms with Crippen molar-refractivity contribution in [1.82, 2.24) is 10.9 Å². The van der Waals surface area contributed by atoms with Crippen molar-refractivity contribution >= 4 is 11.6 Å². The number of hydrogen-bond donors (Lipinski definition) is 4. The first kappa shape index (κ1) is 14.8. The maximum absolute atomic E-state index is 11.3. The van der Waals surface area contributed by atoms with E-state index in [9.17, 15) is 4.79 Å². The predicted molar refractivity (Wildman–Crippen MR) is 78.3 cm³/mol. The zero-order valence-electron chi connectivity index (χ0n) is 12.1. The van der Waals surface area contributed by atoms with Gasteiger partial charge in [0, 0.05) is 18.9 Å². The van der Waals surface area contributed by atoms with Crippen molar-refractivity contribution in [2.75, 3.05) is 19.0 Å². The maximum atomic E-state index is 11.3. The number of ether oxygens (including phenoxy) is 1. The lowest BCUT2D eigenvalue weighted by Gasteiger charge is -2.21. The minimum atomic E-state index is -0.123. The van der Waals surface area contributed by atoms with Crippen molar-refractivity contribution in [3.8, 4) is 5.75 Å². The third kappa shape index (κ3) is 2.92. The molecule has 1 aliphatic heterocycles. The van der Waals surface area contributed by atoms with Crippen molar-refractivity contribution < 1.29 is 9.53 Å². The number of rotatable bonds is 4. The fourth-order valence-corrected chi connectivity index (χ4v) is 2.60. The topological polar surface area (TPSA) is 88.4 Å². The van der Waals surface area contributed by atoms with Crippen LogP contribution in [0.1, 0.15) is 25.5 Å². The largest absolute Gasteiger partial charge is 0.495 e. The fourth-order valence-electron chi connectivity index (χ4n) is 2.60. The highest BCUT2D eigenvalue weighted by Gasteiger charge is 2.33. The lowest BCUT2D eigenvalue weighted by molar-refractivity contribution is -0.114. The molecule has 0 saturated carbocycles. The standard InChI is InChI=1S/C14H22N4O2/c1-8-11(7-15)14(18-17-8)10-4-5-13(20-3)12(6-10)16-9(2)19/h4-6,8,11,14,17-18H,7,15H2,1-3H3,(H,16,19). The van der Waals surface area contributed by atoms with Gasteiger partial charge in [-0.15, -0.1) is 0 Å². The van der Waals surface area contributed by atoms with E-state index in [0.717, 1.165) is 5.56 Å². The molecule has 0 spiro atoms. The number of anilines is 1. The Balaban J connectivity index is 2.30. The summed E-state index contributed by atoms with van der Waals surface area (Å²) in [6.07, 6.45) is 0. The van der Waals surface area contributed by atoms with Crippen LogP contribution < -0.4 is 26.6 Å². The fraction of sp³-hybridized carbons (Fsp3) is 0.500. The summed E-state index contributed by atoms with van der Waals surface area (Å²) in [4.78, 5) is 11.3. The van der Waals surface area contributed by atoms with Crippen molar-refractivity contribution in [3.63, 3.8) is 0 Å². The zero-order valence-corrected chi connectivity index (χ0v) is 12.1. The van der Waals surface area contributed by atoms with Crippen LogP contribution in [0.5, 0.6) is 5.75 Å². The molecule has 0 aliphatic carbocycles. The Hall–Kier alpha value is -1.63. The van der Waals surface area contributed by atoms with Crippen LogP contribution in [0.2, 0.25) is 0 Å².